The fraction of sp³-hybridized carbons (Fsp3) is 0.200. The predicted molar refractivity (Wildman–Crippen MR) is 81.9 cm³/mol. The Labute approximate surface area is 129 Å². The minimum atomic E-state index is -0.248. The minimum absolute atomic E-state index is 0.248. The van der Waals surface area contributed by atoms with Gasteiger partial charge in [-0.25, -0.2) is 4.98 Å². The number of fused-ring (bicyclic) bond motifs is 2. The van der Waals surface area contributed by atoms with Crippen molar-refractivity contribution < 1.29 is 18.7 Å². The molecule has 1 N–H and O–H groups in total. The van der Waals surface area contributed by atoms with Gasteiger partial charge in [0.05, 0.1) is 35.3 Å². The molecule has 0 saturated heterocycles. The summed E-state index contributed by atoms with van der Waals surface area (Å²) in [5.74, 6) is 1.17. The molecule has 1 aliphatic rings. The van der Waals surface area contributed by atoms with Gasteiger partial charge in [0.2, 0.25) is 0 Å². The van der Waals surface area contributed by atoms with Gasteiger partial charge in [-0.15, -0.1) is 0 Å². The number of furan rings is 1. The third-order valence-electron chi connectivity index (χ3n) is 3.26. The molecule has 3 heterocycles. The third-order valence-corrected chi connectivity index (χ3v) is 4.20. The number of ether oxygens (including phenoxy) is 2. The molecule has 2 aromatic heterocycles. The fourth-order valence-corrected chi connectivity index (χ4v) is 3.07. The van der Waals surface area contributed by atoms with Gasteiger partial charge in [0.15, 0.2) is 16.6 Å². The van der Waals surface area contributed by atoms with Crippen LogP contribution in [-0.4, -0.2) is 24.1 Å². The van der Waals surface area contributed by atoms with Gasteiger partial charge in [0.1, 0.15) is 6.26 Å². The summed E-state index contributed by atoms with van der Waals surface area (Å²) >= 11 is 1.39. The number of rotatable bonds is 2. The number of aromatic nitrogens is 1. The van der Waals surface area contributed by atoms with Crippen LogP contribution in [0.5, 0.6) is 11.5 Å². The SMILES string of the molecule is O=C(Nc1nc2cc3c(cc2s1)OCCCO3)c1ccoc1. The van der Waals surface area contributed by atoms with E-state index in [0.29, 0.717) is 29.7 Å². The smallest absolute Gasteiger partial charge is 0.260 e. The number of nitrogens with zero attached hydrogens (tertiary/aromatic N) is 1. The Kier molecular flexibility index (Phi) is 3.19. The van der Waals surface area contributed by atoms with Gasteiger partial charge in [-0.1, -0.05) is 11.3 Å². The van der Waals surface area contributed by atoms with Crippen molar-refractivity contribution in [3.63, 3.8) is 0 Å². The van der Waals surface area contributed by atoms with E-state index in [1.165, 1.54) is 23.9 Å². The monoisotopic (exact) mass is 316 g/mol. The van der Waals surface area contributed by atoms with Crippen molar-refractivity contribution in [3.8, 4) is 11.5 Å². The Balaban J connectivity index is 1.65. The van der Waals surface area contributed by atoms with Crippen LogP contribution in [0.1, 0.15) is 16.8 Å². The second-order valence-electron chi connectivity index (χ2n) is 4.80. The molecule has 0 radical (unpaired) electrons. The highest BCUT2D eigenvalue weighted by molar-refractivity contribution is 7.22. The predicted octanol–water partition coefficient (Wildman–Crippen LogP) is 3.30. The molecule has 3 aromatic rings. The molecule has 1 amide bonds. The lowest BCUT2D eigenvalue weighted by molar-refractivity contribution is 0.102. The van der Waals surface area contributed by atoms with Crippen LogP contribution in [0.2, 0.25) is 0 Å². The Morgan fingerprint density at radius 2 is 2.05 bits per heavy atom. The average Bonchev–Trinajstić information content (AvgIpc) is 3.10. The largest absolute Gasteiger partial charge is 0.490 e. The molecule has 0 saturated carbocycles. The van der Waals surface area contributed by atoms with Crippen molar-refractivity contribution in [2.45, 2.75) is 6.42 Å². The van der Waals surface area contributed by atoms with Gasteiger partial charge >= 0.3 is 0 Å². The molecule has 0 unspecified atom stereocenters. The summed E-state index contributed by atoms with van der Waals surface area (Å²) in [6.07, 6.45) is 3.72. The number of hydrogen-bond acceptors (Lipinski definition) is 6. The number of carbonyl (C=O) groups excluding carboxylic acids is 1. The minimum Gasteiger partial charge on any atom is -0.490 e. The summed E-state index contributed by atoms with van der Waals surface area (Å²) in [6, 6.07) is 5.35. The second kappa shape index (κ2) is 5.34. The number of hydrogen-bond donors (Lipinski definition) is 1. The second-order valence-corrected chi connectivity index (χ2v) is 5.83. The van der Waals surface area contributed by atoms with E-state index in [1.807, 2.05) is 12.1 Å². The summed E-state index contributed by atoms with van der Waals surface area (Å²) in [7, 11) is 0. The Hall–Kier alpha value is -2.54. The molecular formula is C15H12N2O4S. The van der Waals surface area contributed by atoms with E-state index in [0.717, 1.165) is 22.4 Å². The van der Waals surface area contributed by atoms with Gasteiger partial charge in [0.25, 0.3) is 5.91 Å². The zero-order chi connectivity index (χ0) is 14.9. The molecule has 0 aliphatic carbocycles. The number of anilines is 1. The van der Waals surface area contributed by atoms with Crippen molar-refractivity contribution in [1.29, 1.82) is 0 Å². The van der Waals surface area contributed by atoms with Gasteiger partial charge < -0.3 is 13.9 Å². The van der Waals surface area contributed by atoms with Crippen LogP contribution < -0.4 is 14.8 Å². The molecule has 1 aliphatic heterocycles. The van der Waals surface area contributed by atoms with Crippen LogP contribution in [0, 0.1) is 0 Å². The highest BCUT2D eigenvalue weighted by Gasteiger charge is 2.16. The number of amides is 1. The molecular weight excluding hydrogens is 304 g/mol. The standard InChI is InChI=1S/C15H12N2O4S/c18-14(9-2-5-19-8-9)17-15-16-10-6-11-12(7-13(10)22-15)21-4-1-3-20-11/h2,5-8H,1,3-4H2,(H,16,17,18). The summed E-state index contributed by atoms with van der Waals surface area (Å²) in [4.78, 5) is 16.4. The maximum absolute atomic E-state index is 12.0. The van der Waals surface area contributed by atoms with E-state index in [4.69, 9.17) is 13.9 Å². The van der Waals surface area contributed by atoms with Crippen molar-refractivity contribution in [2.24, 2.45) is 0 Å². The average molecular weight is 316 g/mol. The quantitative estimate of drug-likeness (QED) is 0.785. The molecule has 0 bridgehead atoms. The third kappa shape index (κ3) is 2.39. The summed E-state index contributed by atoms with van der Waals surface area (Å²) in [5, 5.41) is 3.29. The maximum Gasteiger partial charge on any atom is 0.260 e. The molecule has 0 fully saturated rings. The van der Waals surface area contributed by atoms with Crippen LogP contribution in [0.4, 0.5) is 5.13 Å². The Bertz CT molecular complexity index is 783. The van der Waals surface area contributed by atoms with E-state index in [2.05, 4.69) is 10.3 Å². The summed E-state index contributed by atoms with van der Waals surface area (Å²) in [6.45, 7) is 1.27. The first-order chi connectivity index (χ1) is 10.8. The molecule has 0 atom stereocenters. The van der Waals surface area contributed by atoms with Gasteiger partial charge in [-0.2, -0.15) is 0 Å². The zero-order valence-corrected chi connectivity index (χ0v) is 12.3. The number of nitrogens with one attached hydrogen (secondary N) is 1. The van der Waals surface area contributed by atoms with Crippen LogP contribution in [0.15, 0.2) is 35.1 Å². The molecule has 22 heavy (non-hydrogen) atoms. The lowest BCUT2D eigenvalue weighted by Crippen LogP contribution is -2.10. The number of carbonyl (C=O) groups is 1. The molecule has 6 nitrogen and oxygen atoms in total. The first-order valence-electron chi connectivity index (χ1n) is 6.83. The van der Waals surface area contributed by atoms with E-state index in [9.17, 15) is 4.79 Å². The van der Waals surface area contributed by atoms with Crippen molar-refractivity contribution >= 4 is 32.6 Å². The molecule has 0 spiro atoms. The molecule has 4 rings (SSSR count). The van der Waals surface area contributed by atoms with Crippen molar-refractivity contribution in [2.75, 3.05) is 18.5 Å². The van der Waals surface area contributed by atoms with Crippen molar-refractivity contribution in [3.05, 3.63) is 36.3 Å². The lowest BCUT2D eigenvalue weighted by atomic mass is 10.3. The number of thiazole rings is 1. The lowest BCUT2D eigenvalue weighted by Gasteiger charge is -2.05. The highest BCUT2D eigenvalue weighted by atomic mass is 32.1. The normalized spacial score (nSPS) is 13.8. The van der Waals surface area contributed by atoms with E-state index >= 15 is 0 Å². The zero-order valence-electron chi connectivity index (χ0n) is 11.5. The van der Waals surface area contributed by atoms with Crippen LogP contribution in [-0.2, 0) is 0 Å². The Morgan fingerprint density at radius 1 is 1.23 bits per heavy atom. The molecule has 7 heteroatoms. The maximum atomic E-state index is 12.0. The Morgan fingerprint density at radius 3 is 2.82 bits per heavy atom. The van der Waals surface area contributed by atoms with Crippen LogP contribution in [0.25, 0.3) is 10.2 Å². The first kappa shape index (κ1) is 13.1. The highest BCUT2D eigenvalue weighted by Crippen LogP contribution is 2.37. The van der Waals surface area contributed by atoms with Gasteiger partial charge in [-0.3, -0.25) is 10.1 Å². The van der Waals surface area contributed by atoms with Crippen LogP contribution in [0.3, 0.4) is 0 Å². The van der Waals surface area contributed by atoms with Gasteiger partial charge in [-0.05, 0) is 6.07 Å². The topological polar surface area (TPSA) is 73.6 Å². The van der Waals surface area contributed by atoms with Gasteiger partial charge in [0, 0.05) is 18.6 Å². The first-order valence-corrected chi connectivity index (χ1v) is 7.65. The summed E-state index contributed by atoms with van der Waals surface area (Å²) in [5.41, 5.74) is 1.23. The summed E-state index contributed by atoms with van der Waals surface area (Å²) < 4.78 is 17.1. The van der Waals surface area contributed by atoms with E-state index in [1.54, 1.807) is 6.07 Å². The van der Waals surface area contributed by atoms with Crippen LogP contribution >= 0.6 is 11.3 Å². The number of benzene rings is 1. The van der Waals surface area contributed by atoms with Crippen molar-refractivity contribution in [1.82, 2.24) is 4.98 Å². The fourth-order valence-electron chi connectivity index (χ4n) is 2.20. The molecule has 1 aromatic carbocycles. The van der Waals surface area contributed by atoms with E-state index < -0.39 is 0 Å². The molecule has 112 valence electrons. The van der Waals surface area contributed by atoms with E-state index in [-0.39, 0.29) is 5.91 Å².